The van der Waals surface area contributed by atoms with Crippen LogP contribution in [0.1, 0.15) is 15.9 Å². The Morgan fingerprint density at radius 3 is 2.50 bits per heavy atom. The minimum Gasteiger partial charge on any atom is -0.489 e. The fraction of sp³-hybridized carbons (Fsp3) is 0.0435. The van der Waals surface area contributed by atoms with E-state index in [1.54, 1.807) is 24.4 Å². The van der Waals surface area contributed by atoms with Crippen LogP contribution in [-0.2, 0) is 6.61 Å². The number of nitrogens with zero attached hydrogens (tertiary/aromatic N) is 2. The maximum absolute atomic E-state index is 11.1. The van der Waals surface area contributed by atoms with E-state index in [1.807, 2.05) is 59.4 Å². The van der Waals surface area contributed by atoms with Crippen LogP contribution in [0.2, 0.25) is 0 Å². The van der Waals surface area contributed by atoms with Crippen LogP contribution in [-0.4, -0.2) is 20.9 Å². The normalized spacial score (nSPS) is 10.6. The van der Waals surface area contributed by atoms with Gasteiger partial charge >= 0.3 is 5.97 Å². The fourth-order valence-electron chi connectivity index (χ4n) is 2.95. The van der Waals surface area contributed by atoms with Crippen LogP contribution in [0.4, 0.5) is 0 Å². The third-order valence-corrected chi connectivity index (χ3v) is 4.38. The molecule has 1 N–H and O–H groups in total. The Morgan fingerprint density at radius 2 is 1.75 bits per heavy atom. The summed E-state index contributed by atoms with van der Waals surface area (Å²) in [7, 11) is 0. The second-order valence-corrected chi connectivity index (χ2v) is 6.32. The highest BCUT2D eigenvalue weighted by atomic mass is 16.5. The van der Waals surface area contributed by atoms with Crippen molar-refractivity contribution in [3.63, 3.8) is 0 Å². The van der Waals surface area contributed by atoms with Crippen molar-refractivity contribution in [1.82, 2.24) is 9.78 Å². The van der Waals surface area contributed by atoms with Crippen molar-refractivity contribution in [3.8, 4) is 22.6 Å². The van der Waals surface area contributed by atoms with Gasteiger partial charge in [-0.15, -0.1) is 0 Å². The van der Waals surface area contributed by atoms with E-state index in [-0.39, 0.29) is 5.56 Å². The molecule has 5 heteroatoms. The Hall–Kier alpha value is -3.86. The average Bonchev–Trinajstić information content (AvgIpc) is 3.28. The molecule has 0 saturated heterocycles. The molecule has 138 valence electrons. The maximum atomic E-state index is 11.1. The van der Waals surface area contributed by atoms with E-state index in [9.17, 15) is 4.79 Å². The molecule has 0 unspecified atom stereocenters. The number of aromatic nitrogens is 2. The van der Waals surface area contributed by atoms with Crippen LogP contribution >= 0.6 is 0 Å². The number of aromatic carboxylic acids is 1. The van der Waals surface area contributed by atoms with E-state index in [1.165, 1.54) is 0 Å². The molecular weight excluding hydrogens is 352 g/mol. The van der Waals surface area contributed by atoms with Crippen molar-refractivity contribution < 1.29 is 14.6 Å². The minimum atomic E-state index is -0.941. The first-order valence-electron chi connectivity index (χ1n) is 8.84. The average molecular weight is 370 g/mol. The Kier molecular flexibility index (Phi) is 4.89. The number of carboxylic acids is 1. The van der Waals surface area contributed by atoms with Gasteiger partial charge in [0, 0.05) is 12.4 Å². The summed E-state index contributed by atoms with van der Waals surface area (Å²) in [5, 5.41) is 13.3. The molecular formula is C23H18N2O3. The van der Waals surface area contributed by atoms with Crippen molar-refractivity contribution in [1.29, 1.82) is 0 Å². The van der Waals surface area contributed by atoms with Crippen LogP contribution in [0.5, 0.6) is 5.75 Å². The standard InChI is InChI=1S/C23H18N2O3/c26-23(27)20-6-1-4-17(14-20)16-28-22-10-8-18(9-11-22)19-5-2-7-21(15-19)25-13-3-12-24-25/h1-15H,16H2,(H,26,27). The van der Waals surface area contributed by atoms with Gasteiger partial charge in [0.25, 0.3) is 0 Å². The zero-order valence-electron chi connectivity index (χ0n) is 15.0. The minimum absolute atomic E-state index is 0.258. The predicted molar refractivity (Wildman–Crippen MR) is 107 cm³/mol. The highest BCUT2D eigenvalue weighted by Crippen LogP contribution is 2.25. The molecule has 0 radical (unpaired) electrons. The van der Waals surface area contributed by atoms with Crippen molar-refractivity contribution >= 4 is 5.97 Å². The number of hydrogen-bond donors (Lipinski definition) is 1. The van der Waals surface area contributed by atoms with Gasteiger partial charge in [0.15, 0.2) is 0 Å². The lowest BCUT2D eigenvalue weighted by Crippen LogP contribution is -2.00. The van der Waals surface area contributed by atoms with Crippen molar-refractivity contribution in [2.45, 2.75) is 6.61 Å². The Labute approximate surface area is 162 Å². The second-order valence-electron chi connectivity index (χ2n) is 6.32. The maximum Gasteiger partial charge on any atom is 0.335 e. The molecule has 0 bridgehead atoms. The Bertz CT molecular complexity index is 1090. The number of carbonyl (C=O) groups is 1. The van der Waals surface area contributed by atoms with Gasteiger partial charge in [0.05, 0.1) is 11.3 Å². The first kappa shape index (κ1) is 17.5. The highest BCUT2D eigenvalue weighted by Gasteiger charge is 2.05. The largest absolute Gasteiger partial charge is 0.489 e. The topological polar surface area (TPSA) is 64.3 Å². The summed E-state index contributed by atoms with van der Waals surface area (Å²) < 4.78 is 7.62. The second kappa shape index (κ2) is 7.80. The van der Waals surface area contributed by atoms with E-state index in [4.69, 9.17) is 9.84 Å². The summed E-state index contributed by atoms with van der Waals surface area (Å²) in [5.74, 6) is -0.212. The molecule has 0 aliphatic carbocycles. The van der Waals surface area contributed by atoms with Gasteiger partial charge in [-0.2, -0.15) is 5.10 Å². The van der Waals surface area contributed by atoms with Crippen LogP contribution in [0, 0.1) is 0 Å². The first-order valence-corrected chi connectivity index (χ1v) is 8.84. The van der Waals surface area contributed by atoms with Gasteiger partial charge in [-0.1, -0.05) is 36.4 Å². The lowest BCUT2D eigenvalue weighted by atomic mass is 10.1. The monoisotopic (exact) mass is 370 g/mol. The van der Waals surface area contributed by atoms with E-state index < -0.39 is 5.97 Å². The van der Waals surface area contributed by atoms with Crippen LogP contribution in [0.25, 0.3) is 16.8 Å². The SMILES string of the molecule is O=C(O)c1cccc(COc2ccc(-c3cccc(-n4cccn4)c3)cc2)c1. The Balaban J connectivity index is 1.46. The van der Waals surface area contributed by atoms with E-state index in [2.05, 4.69) is 17.2 Å². The number of ether oxygens (including phenoxy) is 1. The third-order valence-electron chi connectivity index (χ3n) is 4.38. The number of rotatable bonds is 6. The van der Waals surface area contributed by atoms with E-state index >= 15 is 0 Å². The Morgan fingerprint density at radius 1 is 0.929 bits per heavy atom. The van der Waals surface area contributed by atoms with Gasteiger partial charge in [0.1, 0.15) is 12.4 Å². The van der Waals surface area contributed by atoms with Gasteiger partial charge in [-0.25, -0.2) is 9.48 Å². The fourth-order valence-corrected chi connectivity index (χ4v) is 2.95. The zero-order valence-corrected chi connectivity index (χ0v) is 15.0. The summed E-state index contributed by atoms with van der Waals surface area (Å²) in [5.41, 5.74) is 4.24. The van der Waals surface area contributed by atoms with Crippen LogP contribution < -0.4 is 4.74 Å². The predicted octanol–water partition coefficient (Wildman–Crippen LogP) is 4.82. The molecule has 0 aliphatic heterocycles. The molecule has 4 rings (SSSR count). The molecule has 5 nitrogen and oxygen atoms in total. The summed E-state index contributed by atoms with van der Waals surface area (Å²) in [6.45, 7) is 0.315. The van der Waals surface area contributed by atoms with Gasteiger partial charge < -0.3 is 9.84 Å². The molecule has 1 heterocycles. The van der Waals surface area contributed by atoms with Crippen molar-refractivity contribution in [3.05, 3.63) is 102 Å². The molecule has 0 atom stereocenters. The van der Waals surface area contributed by atoms with Crippen LogP contribution in [0.15, 0.2) is 91.3 Å². The van der Waals surface area contributed by atoms with E-state index in [0.717, 1.165) is 28.1 Å². The number of hydrogen-bond acceptors (Lipinski definition) is 3. The molecule has 4 aromatic rings. The number of carboxylic acid groups (broad SMARTS) is 1. The van der Waals surface area contributed by atoms with Crippen LogP contribution in [0.3, 0.4) is 0 Å². The molecule has 3 aromatic carbocycles. The molecule has 0 saturated carbocycles. The lowest BCUT2D eigenvalue weighted by Gasteiger charge is -2.09. The smallest absolute Gasteiger partial charge is 0.335 e. The summed E-state index contributed by atoms with van der Waals surface area (Å²) in [4.78, 5) is 11.1. The summed E-state index contributed by atoms with van der Waals surface area (Å²) in [6, 6.07) is 24.6. The summed E-state index contributed by atoms with van der Waals surface area (Å²) >= 11 is 0. The van der Waals surface area contributed by atoms with E-state index in [0.29, 0.717) is 6.61 Å². The quantitative estimate of drug-likeness (QED) is 0.529. The third kappa shape index (κ3) is 3.94. The molecule has 1 aromatic heterocycles. The zero-order chi connectivity index (χ0) is 19.3. The van der Waals surface area contributed by atoms with Crippen molar-refractivity contribution in [2.24, 2.45) is 0 Å². The molecule has 0 spiro atoms. The molecule has 0 fully saturated rings. The van der Waals surface area contributed by atoms with Gasteiger partial charge in [-0.05, 0) is 59.2 Å². The van der Waals surface area contributed by atoms with Gasteiger partial charge in [-0.3, -0.25) is 0 Å². The highest BCUT2D eigenvalue weighted by molar-refractivity contribution is 5.87. The lowest BCUT2D eigenvalue weighted by molar-refractivity contribution is 0.0696. The van der Waals surface area contributed by atoms with Gasteiger partial charge in [0.2, 0.25) is 0 Å². The number of benzene rings is 3. The van der Waals surface area contributed by atoms with Crippen molar-refractivity contribution in [2.75, 3.05) is 0 Å². The molecule has 0 aliphatic rings. The summed E-state index contributed by atoms with van der Waals surface area (Å²) in [6.07, 6.45) is 3.67. The molecule has 0 amide bonds. The molecule has 28 heavy (non-hydrogen) atoms. The first-order chi connectivity index (χ1) is 13.7.